The lowest BCUT2D eigenvalue weighted by Gasteiger charge is -2.17. The molecule has 0 aromatic heterocycles. The lowest BCUT2D eigenvalue weighted by atomic mass is 9.89. The number of hydrogen-bond acceptors (Lipinski definition) is 3. The summed E-state index contributed by atoms with van der Waals surface area (Å²) in [4.78, 5) is 25.4. The molecule has 0 radical (unpaired) electrons. The Morgan fingerprint density at radius 3 is 2.43 bits per heavy atom. The van der Waals surface area contributed by atoms with Crippen molar-refractivity contribution in [2.45, 2.75) is 12.1 Å². The van der Waals surface area contributed by atoms with E-state index in [0.717, 1.165) is 17.7 Å². The van der Waals surface area contributed by atoms with Crippen molar-refractivity contribution in [3.05, 3.63) is 65.7 Å². The molecule has 2 atom stereocenters. The van der Waals surface area contributed by atoms with Gasteiger partial charge >= 0.3 is 12.1 Å². The molecule has 1 fully saturated rings. The van der Waals surface area contributed by atoms with Gasteiger partial charge in [-0.15, -0.1) is 0 Å². The van der Waals surface area contributed by atoms with Crippen molar-refractivity contribution >= 4 is 11.9 Å². The van der Waals surface area contributed by atoms with Crippen LogP contribution in [0.3, 0.4) is 0 Å². The topological polar surface area (TPSA) is 66.8 Å². The van der Waals surface area contributed by atoms with Gasteiger partial charge in [0.1, 0.15) is 5.75 Å². The van der Waals surface area contributed by atoms with Crippen molar-refractivity contribution in [1.82, 2.24) is 4.90 Å². The molecule has 148 valence electrons. The number of amides is 1. The minimum absolute atomic E-state index is 0.0275. The number of alkyl halides is 3. The zero-order chi connectivity index (χ0) is 20.3. The van der Waals surface area contributed by atoms with Crippen LogP contribution in [-0.2, 0) is 15.8 Å². The number of ether oxygens (including phenoxy) is 1. The molecule has 1 saturated heterocycles. The molecule has 2 unspecified atom stereocenters. The van der Waals surface area contributed by atoms with E-state index in [0.29, 0.717) is 0 Å². The normalized spacial score (nSPS) is 19.5. The summed E-state index contributed by atoms with van der Waals surface area (Å²) in [7, 11) is 0. The Bertz CT molecular complexity index is 854. The summed E-state index contributed by atoms with van der Waals surface area (Å²) >= 11 is 0. The van der Waals surface area contributed by atoms with Crippen LogP contribution in [0.15, 0.2) is 54.6 Å². The standard InChI is InChI=1S/C20H18F3NO4/c21-20(22,23)14-7-4-8-15(9-14)28-12-18(25)24-10-16(17(11-24)19(26)27)13-5-2-1-3-6-13/h1-9,16-17H,10-12H2,(H,26,27). The van der Waals surface area contributed by atoms with Gasteiger partial charge < -0.3 is 14.7 Å². The van der Waals surface area contributed by atoms with Crippen LogP contribution in [0.5, 0.6) is 5.75 Å². The highest BCUT2D eigenvalue weighted by molar-refractivity contribution is 5.80. The maximum Gasteiger partial charge on any atom is 0.416 e. The largest absolute Gasteiger partial charge is 0.484 e. The molecule has 8 heteroatoms. The minimum Gasteiger partial charge on any atom is -0.484 e. The van der Waals surface area contributed by atoms with Gasteiger partial charge in [0.05, 0.1) is 11.5 Å². The number of hydrogen-bond donors (Lipinski definition) is 1. The number of halogens is 3. The van der Waals surface area contributed by atoms with Crippen molar-refractivity contribution in [3.63, 3.8) is 0 Å². The molecule has 1 aliphatic heterocycles. The third-order valence-corrected chi connectivity index (χ3v) is 4.74. The SMILES string of the molecule is O=C(O)C1CN(C(=O)COc2cccc(C(F)(F)F)c2)CC1c1ccccc1. The van der Waals surface area contributed by atoms with Gasteiger partial charge in [-0.05, 0) is 23.8 Å². The van der Waals surface area contributed by atoms with E-state index >= 15 is 0 Å². The zero-order valence-corrected chi connectivity index (χ0v) is 14.7. The number of carboxylic acid groups (broad SMARTS) is 1. The summed E-state index contributed by atoms with van der Waals surface area (Å²) in [6.45, 7) is -0.222. The minimum atomic E-state index is -4.50. The Balaban J connectivity index is 1.66. The van der Waals surface area contributed by atoms with Crippen LogP contribution >= 0.6 is 0 Å². The average molecular weight is 393 g/mol. The molecule has 1 aliphatic rings. The fraction of sp³-hybridized carbons (Fsp3) is 0.300. The second kappa shape index (κ2) is 7.92. The molecule has 3 rings (SSSR count). The highest BCUT2D eigenvalue weighted by atomic mass is 19.4. The summed E-state index contributed by atoms with van der Waals surface area (Å²) in [5.74, 6) is -2.64. The van der Waals surface area contributed by atoms with Crippen LogP contribution in [-0.4, -0.2) is 41.6 Å². The van der Waals surface area contributed by atoms with Crippen LogP contribution in [0.4, 0.5) is 13.2 Å². The molecule has 1 heterocycles. The Kier molecular flexibility index (Phi) is 5.58. The summed E-state index contributed by atoms with van der Waals surface area (Å²) in [5.41, 5.74) is -0.0438. The number of nitrogens with zero attached hydrogens (tertiary/aromatic N) is 1. The highest BCUT2D eigenvalue weighted by Crippen LogP contribution is 2.33. The lowest BCUT2D eigenvalue weighted by Crippen LogP contribution is -2.33. The first-order valence-corrected chi connectivity index (χ1v) is 8.61. The molecular formula is C20H18F3NO4. The number of aliphatic carboxylic acids is 1. The molecule has 28 heavy (non-hydrogen) atoms. The summed E-state index contributed by atoms with van der Waals surface area (Å²) in [6.07, 6.45) is -4.50. The lowest BCUT2D eigenvalue weighted by molar-refractivity contribution is -0.142. The summed E-state index contributed by atoms with van der Waals surface area (Å²) in [6, 6.07) is 13.3. The molecule has 0 bridgehead atoms. The van der Waals surface area contributed by atoms with Gasteiger partial charge in [0.2, 0.25) is 0 Å². The van der Waals surface area contributed by atoms with E-state index in [1.807, 2.05) is 18.2 Å². The Morgan fingerprint density at radius 1 is 1.07 bits per heavy atom. The zero-order valence-electron chi connectivity index (χ0n) is 14.7. The number of benzene rings is 2. The maximum atomic E-state index is 12.7. The highest BCUT2D eigenvalue weighted by Gasteiger charge is 2.40. The number of carboxylic acids is 1. The van der Waals surface area contributed by atoms with Gasteiger partial charge in [0.15, 0.2) is 6.61 Å². The van der Waals surface area contributed by atoms with Crippen LogP contribution in [0.1, 0.15) is 17.0 Å². The van der Waals surface area contributed by atoms with Crippen molar-refractivity contribution in [1.29, 1.82) is 0 Å². The van der Waals surface area contributed by atoms with E-state index in [-0.39, 0.29) is 24.8 Å². The molecule has 1 amide bonds. The van der Waals surface area contributed by atoms with Gasteiger partial charge in [0.25, 0.3) is 5.91 Å². The van der Waals surface area contributed by atoms with E-state index in [1.165, 1.54) is 17.0 Å². The van der Waals surface area contributed by atoms with E-state index in [9.17, 15) is 27.9 Å². The second-order valence-corrected chi connectivity index (χ2v) is 6.57. The smallest absolute Gasteiger partial charge is 0.416 e. The summed E-state index contributed by atoms with van der Waals surface area (Å²) in [5, 5.41) is 9.48. The van der Waals surface area contributed by atoms with E-state index in [4.69, 9.17) is 4.74 Å². The van der Waals surface area contributed by atoms with Crippen LogP contribution < -0.4 is 4.74 Å². The van der Waals surface area contributed by atoms with Gasteiger partial charge in [-0.25, -0.2) is 0 Å². The number of carbonyl (C=O) groups is 2. The first-order valence-electron chi connectivity index (χ1n) is 8.61. The van der Waals surface area contributed by atoms with Crippen molar-refractivity contribution in [2.75, 3.05) is 19.7 Å². The van der Waals surface area contributed by atoms with Crippen LogP contribution in [0, 0.1) is 5.92 Å². The fourth-order valence-electron chi connectivity index (χ4n) is 3.29. The van der Waals surface area contributed by atoms with Crippen LogP contribution in [0.2, 0.25) is 0 Å². The third-order valence-electron chi connectivity index (χ3n) is 4.74. The molecular weight excluding hydrogens is 375 g/mol. The predicted molar refractivity (Wildman–Crippen MR) is 93.8 cm³/mol. The monoisotopic (exact) mass is 393 g/mol. The Hall–Kier alpha value is -3.03. The van der Waals surface area contributed by atoms with E-state index < -0.39 is 36.1 Å². The van der Waals surface area contributed by atoms with Crippen LogP contribution in [0.25, 0.3) is 0 Å². The number of carbonyl (C=O) groups excluding carboxylic acids is 1. The molecule has 2 aromatic rings. The Morgan fingerprint density at radius 2 is 1.79 bits per heavy atom. The maximum absolute atomic E-state index is 12.7. The Labute approximate surface area is 159 Å². The fourth-order valence-corrected chi connectivity index (χ4v) is 3.29. The predicted octanol–water partition coefficient (Wildman–Crippen LogP) is 3.41. The third kappa shape index (κ3) is 4.44. The quantitative estimate of drug-likeness (QED) is 0.846. The number of rotatable bonds is 5. The van der Waals surface area contributed by atoms with Gasteiger partial charge in [-0.1, -0.05) is 36.4 Å². The van der Waals surface area contributed by atoms with E-state index in [2.05, 4.69) is 0 Å². The van der Waals surface area contributed by atoms with Crippen molar-refractivity contribution in [3.8, 4) is 5.75 Å². The molecule has 0 saturated carbocycles. The molecule has 1 N–H and O–H groups in total. The van der Waals surface area contributed by atoms with Crippen molar-refractivity contribution < 1.29 is 32.6 Å². The van der Waals surface area contributed by atoms with Gasteiger partial charge in [-0.2, -0.15) is 13.2 Å². The van der Waals surface area contributed by atoms with Gasteiger partial charge in [0, 0.05) is 19.0 Å². The second-order valence-electron chi connectivity index (χ2n) is 6.57. The van der Waals surface area contributed by atoms with Crippen molar-refractivity contribution in [2.24, 2.45) is 5.92 Å². The number of likely N-dealkylation sites (tertiary alicyclic amines) is 1. The molecule has 0 aliphatic carbocycles. The molecule has 5 nitrogen and oxygen atoms in total. The first kappa shape index (κ1) is 19.7. The first-order chi connectivity index (χ1) is 13.3. The molecule has 0 spiro atoms. The summed E-state index contributed by atoms with van der Waals surface area (Å²) < 4.78 is 43.5. The molecule has 2 aromatic carbocycles. The van der Waals surface area contributed by atoms with E-state index in [1.54, 1.807) is 12.1 Å². The average Bonchev–Trinajstić information content (AvgIpc) is 3.12. The van der Waals surface area contributed by atoms with Gasteiger partial charge in [-0.3, -0.25) is 9.59 Å².